The topological polar surface area (TPSA) is 88.7 Å². The van der Waals surface area contributed by atoms with Gasteiger partial charge in [-0.05, 0) is 12.1 Å². The second-order valence-corrected chi connectivity index (χ2v) is 3.90. The van der Waals surface area contributed by atoms with Crippen molar-refractivity contribution >= 4 is 11.6 Å². The quantitative estimate of drug-likeness (QED) is 0.723. The van der Waals surface area contributed by atoms with Crippen LogP contribution in [0.4, 0.5) is 5.69 Å². The second kappa shape index (κ2) is 5.11. The summed E-state index contributed by atoms with van der Waals surface area (Å²) < 4.78 is 5.28. The predicted octanol–water partition coefficient (Wildman–Crippen LogP) is -0.503. The van der Waals surface area contributed by atoms with Gasteiger partial charge in [0.1, 0.15) is 5.69 Å². The molecule has 1 aromatic rings. The fraction of sp³-hybridized carbons (Fsp3) is 0.455. The number of pyridine rings is 1. The van der Waals surface area contributed by atoms with Crippen LogP contribution >= 0.6 is 0 Å². The molecule has 1 fully saturated rings. The number of nitrogens with two attached hydrogens (primary N) is 1. The number of amides is 1. The number of nitrogen functional groups attached to an aromatic ring is 1. The Morgan fingerprint density at radius 2 is 2.47 bits per heavy atom. The molecule has 1 aliphatic heterocycles. The van der Waals surface area contributed by atoms with Crippen LogP contribution in [0.1, 0.15) is 10.5 Å². The van der Waals surface area contributed by atoms with E-state index in [0.717, 1.165) is 0 Å². The van der Waals surface area contributed by atoms with Crippen molar-refractivity contribution in [2.24, 2.45) is 0 Å². The molecule has 0 aliphatic carbocycles. The molecule has 6 heteroatoms. The van der Waals surface area contributed by atoms with Crippen LogP contribution in [0.3, 0.4) is 0 Å². The first-order valence-corrected chi connectivity index (χ1v) is 5.44. The highest BCUT2D eigenvalue weighted by atomic mass is 16.5. The lowest BCUT2D eigenvalue weighted by atomic mass is 10.2. The minimum atomic E-state index is -0.304. The fourth-order valence-electron chi connectivity index (χ4n) is 1.71. The standard InChI is InChI=1S/C11H15N3O3/c12-8-1-2-10(13-5-8)11(16)14-3-4-17-9(6-14)7-15/h1-2,5,9,15H,3-4,6-7,12H2. The van der Waals surface area contributed by atoms with Crippen LogP contribution in [0.2, 0.25) is 0 Å². The minimum absolute atomic E-state index is 0.0844. The molecule has 2 rings (SSSR count). The summed E-state index contributed by atoms with van der Waals surface area (Å²) in [5.74, 6) is -0.160. The molecule has 2 heterocycles. The van der Waals surface area contributed by atoms with E-state index in [0.29, 0.717) is 31.1 Å². The third kappa shape index (κ3) is 2.72. The van der Waals surface area contributed by atoms with Gasteiger partial charge in [0.25, 0.3) is 5.91 Å². The summed E-state index contributed by atoms with van der Waals surface area (Å²) >= 11 is 0. The zero-order chi connectivity index (χ0) is 12.3. The van der Waals surface area contributed by atoms with Crippen molar-refractivity contribution in [2.75, 3.05) is 32.0 Å². The Hall–Kier alpha value is -1.66. The summed E-state index contributed by atoms with van der Waals surface area (Å²) in [7, 11) is 0. The number of hydrogen-bond donors (Lipinski definition) is 2. The van der Waals surface area contributed by atoms with Gasteiger partial charge in [-0.15, -0.1) is 0 Å². The Balaban J connectivity index is 2.06. The van der Waals surface area contributed by atoms with E-state index >= 15 is 0 Å². The van der Waals surface area contributed by atoms with E-state index in [-0.39, 0.29) is 18.6 Å². The number of aliphatic hydroxyl groups excluding tert-OH is 1. The first kappa shape index (κ1) is 11.8. The summed E-state index contributed by atoms with van der Waals surface area (Å²) in [6.45, 7) is 1.26. The highest BCUT2D eigenvalue weighted by Gasteiger charge is 2.25. The zero-order valence-electron chi connectivity index (χ0n) is 9.37. The molecule has 1 aromatic heterocycles. The summed E-state index contributed by atoms with van der Waals surface area (Å²) in [5, 5.41) is 9.00. The van der Waals surface area contributed by atoms with Crippen LogP contribution < -0.4 is 5.73 Å². The lowest BCUT2D eigenvalue weighted by Crippen LogP contribution is -2.47. The molecule has 17 heavy (non-hydrogen) atoms. The fourth-order valence-corrected chi connectivity index (χ4v) is 1.71. The lowest BCUT2D eigenvalue weighted by molar-refractivity contribution is -0.0448. The number of rotatable bonds is 2. The number of aliphatic hydroxyl groups is 1. The molecule has 1 amide bonds. The molecule has 1 aliphatic rings. The van der Waals surface area contributed by atoms with Crippen molar-refractivity contribution in [1.29, 1.82) is 0 Å². The molecule has 0 radical (unpaired) electrons. The summed E-state index contributed by atoms with van der Waals surface area (Å²) in [6, 6.07) is 3.24. The number of carbonyl (C=O) groups is 1. The largest absolute Gasteiger partial charge is 0.397 e. The Morgan fingerprint density at radius 1 is 1.65 bits per heavy atom. The zero-order valence-corrected chi connectivity index (χ0v) is 9.37. The summed E-state index contributed by atoms with van der Waals surface area (Å²) in [6.07, 6.45) is 1.15. The van der Waals surface area contributed by atoms with Crippen molar-refractivity contribution in [3.8, 4) is 0 Å². The molecular weight excluding hydrogens is 222 g/mol. The maximum atomic E-state index is 12.1. The van der Waals surface area contributed by atoms with Gasteiger partial charge in [-0.3, -0.25) is 4.79 Å². The third-order valence-corrected chi connectivity index (χ3v) is 2.64. The molecule has 0 saturated carbocycles. The van der Waals surface area contributed by atoms with Gasteiger partial charge in [0.2, 0.25) is 0 Å². The molecule has 0 spiro atoms. The first-order chi connectivity index (χ1) is 8.20. The van der Waals surface area contributed by atoms with Gasteiger partial charge in [-0.1, -0.05) is 0 Å². The maximum absolute atomic E-state index is 12.1. The average Bonchev–Trinajstić information content (AvgIpc) is 2.39. The number of hydrogen-bond acceptors (Lipinski definition) is 5. The van der Waals surface area contributed by atoms with E-state index in [1.54, 1.807) is 17.0 Å². The van der Waals surface area contributed by atoms with Gasteiger partial charge in [0.15, 0.2) is 0 Å². The Morgan fingerprint density at radius 3 is 3.12 bits per heavy atom. The number of morpholine rings is 1. The van der Waals surface area contributed by atoms with Crippen molar-refractivity contribution in [3.63, 3.8) is 0 Å². The Kier molecular flexibility index (Phi) is 3.55. The van der Waals surface area contributed by atoms with Crippen LogP contribution in [0.15, 0.2) is 18.3 Å². The van der Waals surface area contributed by atoms with Crippen LogP contribution in [-0.2, 0) is 4.74 Å². The minimum Gasteiger partial charge on any atom is -0.397 e. The number of carbonyl (C=O) groups excluding carboxylic acids is 1. The Bertz CT molecular complexity index is 393. The van der Waals surface area contributed by atoms with Crippen LogP contribution in [-0.4, -0.2) is 53.3 Å². The SMILES string of the molecule is Nc1ccc(C(=O)N2CCOC(CO)C2)nc1. The highest BCUT2D eigenvalue weighted by Crippen LogP contribution is 2.10. The van der Waals surface area contributed by atoms with Crippen molar-refractivity contribution in [1.82, 2.24) is 9.88 Å². The molecule has 1 atom stereocenters. The normalized spacial score (nSPS) is 20.3. The highest BCUT2D eigenvalue weighted by molar-refractivity contribution is 5.92. The Labute approximate surface area is 99.0 Å². The predicted molar refractivity (Wildman–Crippen MR) is 61.4 cm³/mol. The van der Waals surface area contributed by atoms with E-state index in [4.69, 9.17) is 15.6 Å². The van der Waals surface area contributed by atoms with Gasteiger partial charge in [0.05, 0.1) is 31.2 Å². The number of nitrogens with zero attached hydrogens (tertiary/aromatic N) is 2. The maximum Gasteiger partial charge on any atom is 0.272 e. The van der Waals surface area contributed by atoms with Gasteiger partial charge < -0.3 is 20.5 Å². The third-order valence-electron chi connectivity index (χ3n) is 2.64. The average molecular weight is 237 g/mol. The number of anilines is 1. The molecule has 3 N–H and O–H groups in total. The molecule has 92 valence electrons. The first-order valence-electron chi connectivity index (χ1n) is 5.44. The summed E-state index contributed by atoms with van der Waals surface area (Å²) in [5.41, 5.74) is 6.39. The van der Waals surface area contributed by atoms with Crippen LogP contribution in [0.5, 0.6) is 0 Å². The van der Waals surface area contributed by atoms with Gasteiger partial charge in [0, 0.05) is 13.1 Å². The van der Waals surface area contributed by atoms with Gasteiger partial charge in [-0.25, -0.2) is 4.98 Å². The van der Waals surface area contributed by atoms with E-state index in [1.807, 2.05) is 0 Å². The second-order valence-electron chi connectivity index (χ2n) is 3.90. The van der Waals surface area contributed by atoms with E-state index in [9.17, 15) is 4.79 Å². The molecular formula is C11H15N3O3. The molecule has 0 bridgehead atoms. The van der Waals surface area contributed by atoms with E-state index in [2.05, 4.69) is 4.98 Å². The van der Waals surface area contributed by atoms with Gasteiger partial charge >= 0.3 is 0 Å². The molecule has 1 unspecified atom stereocenters. The van der Waals surface area contributed by atoms with Crippen molar-refractivity contribution < 1.29 is 14.6 Å². The van der Waals surface area contributed by atoms with E-state index in [1.165, 1.54) is 6.20 Å². The van der Waals surface area contributed by atoms with Crippen LogP contribution in [0.25, 0.3) is 0 Å². The van der Waals surface area contributed by atoms with Crippen molar-refractivity contribution in [3.05, 3.63) is 24.0 Å². The molecule has 6 nitrogen and oxygen atoms in total. The van der Waals surface area contributed by atoms with E-state index < -0.39 is 0 Å². The number of ether oxygens (including phenoxy) is 1. The van der Waals surface area contributed by atoms with Crippen LogP contribution in [0, 0.1) is 0 Å². The number of aromatic nitrogens is 1. The summed E-state index contributed by atoms with van der Waals surface area (Å²) in [4.78, 5) is 17.7. The smallest absolute Gasteiger partial charge is 0.272 e. The molecule has 0 aromatic carbocycles. The van der Waals surface area contributed by atoms with Crippen molar-refractivity contribution in [2.45, 2.75) is 6.10 Å². The lowest BCUT2D eigenvalue weighted by Gasteiger charge is -2.31. The monoisotopic (exact) mass is 237 g/mol. The van der Waals surface area contributed by atoms with Gasteiger partial charge in [-0.2, -0.15) is 0 Å². The molecule has 1 saturated heterocycles.